The van der Waals surface area contributed by atoms with E-state index in [1.165, 1.54) is 19.6 Å². The number of methoxy groups -OCH3 is 2. The lowest BCUT2D eigenvalue weighted by Crippen LogP contribution is -2.05. The smallest absolute Gasteiger partial charge is 0.347 e. The molecule has 0 aliphatic heterocycles. The van der Waals surface area contributed by atoms with Crippen LogP contribution in [0.1, 0.15) is 11.1 Å². The average molecular weight is 413 g/mol. The van der Waals surface area contributed by atoms with Crippen LogP contribution in [0.15, 0.2) is 76.5 Å². The molecule has 0 unspecified atom stereocenters. The molecule has 0 radical (unpaired) electrons. The van der Waals surface area contributed by atoms with Crippen LogP contribution in [0.3, 0.4) is 0 Å². The maximum absolute atomic E-state index is 11.8. The van der Waals surface area contributed by atoms with Crippen LogP contribution >= 0.6 is 12.6 Å². The fraction of sp³-hybridized carbons (Fsp3) is 0.182. The summed E-state index contributed by atoms with van der Waals surface area (Å²) in [6.45, 7) is 2.29. The van der Waals surface area contributed by atoms with E-state index < -0.39 is 5.97 Å². The van der Waals surface area contributed by atoms with Crippen LogP contribution < -0.4 is 10.1 Å². The van der Waals surface area contributed by atoms with Crippen molar-refractivity contribution in [2.24, 2.45) is 4.99 Å². The number of rotatable bonds is 9. The summed E-state index contributed by atoms with van der Waals surface area (Å²) in [7, 11) is 2.91. The molecule has 152 valence electrons. The molecule has 0 saturated heterocycles. The van der Waals surface area contributed by atoms with Gasteiger partial charge in [-0.15, -0.1) is 12.6 Å². The fourth-order valence-electron chi connectivity index (χ4n) is 2.27. The molecule has 0 fully saturated rings. The lowest BCUT2D eigenvalue weighted by atomic mass is 10.1. The number of esters is 1. The normalized spacial score (nSPS) is 12.0. The minimum absolute atomic E-state index is 0.0654. The Balaban J connectivity index is 2.04. The molecule has 2 rings (SSSR count). The molecule has 0 aromatic heterocycles. The Morgan fingerprint density at radius 1 is 1.14 bits per heavy atom. The highest BCUT2D eigenvalue weighted by Crippen LogP contribution is 2.18. The van der Waals surface area contributed by atoms with E-state index in [1.807, 2.05) is 55.5 Å². The van der Waals surface area contributed by atoms with Crippen molar-refractivity contribution in [3.63, 3.8) is 0 Å². The van der Waals surface area contributed by atoms with Gasteiger partial charge in [-0.2, -0.15) is 0 Å². The average Bonchev–Trinajstić information content (AvgIpc) is 2.76. The van der Waals surface area contributed by atoms with Crippen LogP contribution in [-0.2, 0) is 20.9 Å². The number of nitrogens with one attached hydrogen (secondary N) is 1. The first kappa shape index (κ1) is 22.1. The Hall–Kier alpha value is -3.19. The van der Waals surface area contributed by atoms with Crippen LogP contribution in [0.4, 0.5) is 5.69 Å². The van der Waals surface area contributed by atoms with Crippen LogP contribution in [0.2, 0.25) is 0 Å². The molecule has 7 heteroatoms. The molecule has 0 aliphatic rings. The van der Waals surface area contributed by atoms with E-state index in [4.69, 9.17) is 14.2 Å². The molecule has 29 heavy (non-hydrogen) atoms. The van der Waals surface area contributed by atoms with Gasteiger partial charge in [-0.3, -0.25) is 0 Å². The van der Waals surface area contributed by atoms with Gasteiger partial charge >= 0.3 is 5.97 Å². The first-order chi connectivity index (χ1) is 14.0. The van der Waals surface area contributed by atoms with Crippen molar-refractivity contribution < 1.29 is 19.0 Å². The van der Waals surface area contributed by atoms with Gasteiger partial charge in [0.1, 0.15) is 23.0 Å². The number of benzene rings is 2. The van der Waals surface area contributed by atoms with Crippen molar-refractivity contribution in [3.8, 4) is 5.75 Å². The van der Waals surface area contributed by atoms with Gasteiger partial charge in [-0.1, -0.05) is 24.3 Å². The van der Waals surface area contributed by atoms with Crippen molar-refractivity contribution in [3.05, 3.63) is 82.6 Å². The predicted molar refractivity (Wildman–Crippen MR) is 118 cm³/mol. The van der Waals surface area contributed by atoms with Crippen LogP contribution in [0.25, 0.3) is 0 Å². The van der Waals surface area contributed by atoms with Crippen LogP contribution in [-0.4, -0.2) is 26.5 Å². The van der Waals surface area contributed by atoms with Crippen LogP contribution in [0.5, 0.6) is 5.75 Å². The largest absolute Gasteiger partial charge is 0.497 e. The number of aryl methyl sites for hydroxylation is 1. The van der Waals surface area contributed by atoms with Crippen molar-refractivity contribution in [1.29, 1.82) is 0 Å². The summed E-state index contributed by atoms with van der Waals surface area (Å²) in [4.78, 5) is 16.0. The number of ether oxygens (including phenoxy) is 3. The van der Waals surface area contributed by atoms with Gasteiger partial charge in [0.05, 0.1) is 20.6 Å². The van der Waals surface area contributed by atoms with Crippen LogP contribution in [0, 0.1) is 6.92 Å². The summed E-state index contributed by atoms with van der Waals surface area (Å²) in [5.41, 5.74) is 2.96. The van der Waals surface area contributed by atoms with Gasteiger partial charge in [-0.25, -0.2) is 9.79 Å². The Morgan fingerprint density at radius 2 is 1.86 bits per heavy atom. The van der Waals surface area contributed by atoms with E-state index in [9.17, 15) is 4.79 Å². The summed E-state index contributed by atoms with van der Waals surface area (Å²) < 4.78 is 15.6. The highest BCUT2D eigenvalue weighted by molar-refractivity contribution is 7.85. The van der Waals surface area contributed by atoms with Gasteiger partial charge in [0.25, 0.3) is 0 Å². The monoisotopic (exact) mass is 412 g/mol. The third-order valence-electron chi connectivity index (χ3n) is 3.96. The molecule has 0 spiro atoms. The van der Waals surface area contributed by atoms with Gasteiger partial charge in [0.15, 0.2) is 0 Å². The third kappa shape index (κ3) is 7.04. The Bertz CT molecular complexity index is 905. The zero-order valence-corrected chi connectivity index (χ0v) is 17.5. The SMILES string of the molecule is COC(=O)/C(S)=C(/C=C/N=CNc1ccc(OC)cc1)OCc1ccccc1C. The molecule has 0 bridgehead atoms. The fourth-order valence-corrected chi connectivity index (χ4v) is 2.50. The van der Waals surface area contributed by atoms with E-state index >= 15 is 0 Å². The Morgan fingerprint density at radius 3 is 2.52 bits per heavy atom. The Kier molecular flexibility index (Phi) is 8.85. The standard InChI is InChI=1S/C22H24N2O4S/c1-16-6-4-5-7-17(16)14-28-20(21(29)22(25)27-3)12-13-23-15-24-18-8-10-19(26-2)11-9-18/h4-13,15,29H,14H2,1-3H3,(H,23,24)/b13-12+,21-20+. The molecule has 0 amide bonds. The van der Waals surface area contributed by atoms with Gasteiger partial charge in [-0.05, 0) is 48.4 Å². The maximum atomic E-state index is 11.8. The molecule has 0 heterocycles. The molecule has 2 aromatic rings. The van der Waals surface area contributed by atoms with Gasteiger partial charge in [0, 0.05) is 11.9 Å². The second kappa shape index (κ2) is 11.6. The molecule has 0 aliphatic carbocycles. The van der Waals surface area contributed by atoms with Crippen molar-refractivity contribution in [1.82, 2.24) is 0 Å². The molecule has 6 nitrogen and oxygen atoms in total. The van der Waals surface area contributed by atoms with E-state index in [2.05, 4.69) is 22.9 Å². The zero-order chi connectivity index (χ0) is 21.1. The first-order valence-corrected chi connectivity index (χ1v) is 9.27. The summed E-state index contributed by atoms with van der Waals surface area (Å²) in [5.74, 6) is 0.459. The summed E-state index contributed by atoms with van der Waals surface area (Å²) in [5, 5.41) is 3.03. The number of anilines is 1. The molecule has 2 aromatic carbocycles. The summed E-state index contributed by atoms with van der Waals surface area (Å²) in [6, 6.07) is 15.3. The minimum Gasteiger partial charge on any atom is -0.497 e. The second-order valence-electron chi connectivity index (χ2n) is 5.89. The lowest BCUT2D eigenvalue weighted by molar-refractivity contribution is -0.135. The molecule has 0 atom stereocenters. The minimum atomic E-state index is -0.585. The quantitative estimate of drug-likeness (QED) is 0.121. The van der Waals surface area contributed by atoms with Crippen molar-refractivity contribution >= 4 is 30.6 Å². The summed E-state index contributed by atoms with van der Waals surface area (Å²) >= 11 is 4.22. The van der Waals surface area contributed by atoms with Crippen molar-refractivity contribution in [2.75, 3.05) is 19.5 Å². The number of aliphatic imine (C=N–C) groups is 1. The number of hydrogen-bond acceptors (Lipinski definition) is 6. The van der Waals surface area contributed by atoms with Gasteiger partial charge in [0.2, 0.25) is 0 Å². The first-order valence-electron chi connectivity index (χ1n) is 8.82. The molecular weight excluding hydrogens is 388 g/mol. The number of thiol groups is 1. The molecule has 0 saturated carbocycles. The van der Waals surface area contributed by atoms with E-state index in [1.54, 1.807) is 13.2 Å². The van der Waals surface area contributed by atoms with Gasteiger partial charge < -0.3 is 19.5 Å². The van der Waals surface area contributed by atoms with Crippen molar-refractivity contribution in [2.45, 2.75) is 13.5 Å². The zero-order valence-electron chi connectivity index (χ0n) is 16.6. The number of carbonyl (C=O) groups excluding carboxylic acids is 1. The lowest BCUT2D eigenvalue weighted by Gasteiger charge is -2.11. The van der Waals surface area contributed by atoms with E-state index in [0.717, 1.165) is 22.6 Å². The number of hydrogen-bond donors (Lipinski definition) is 2. The number of allylic oxidation sites excluding steroid dienone is 1. The van der Waals surface area contributed by atoms with E-state index in [-0.39, 0.29) is 10.7 Å². The molecular formula is C22H24N2O4S. The highest BCUT2D eigenvalue weighted by Gasteiger charge is 2.12. The Labute approximate surface area is 176 Å². The third-order valence-corrected chi connectivity index (χ3v) is 4.37. The highest BCUT2D eigenvalue weighted by atomic mass is 32.1. The van der Waals surface area contributed by atoms with E-state index in [0.29, 0.717) is 6.61 Å². The predicted octanol–water partition coefficient (Wildman–Crippen LogP) is 4.49. The maximum Gasteiger partial charge on any atom is 0.347 e. The topological polar surface area (TPSA) is 69.2 Å². The number of carbonyl (C=O) groups is 1. The second-order valence-corrected chi connectivity index (χ2v) is 6.33. The molecule has 1 N–H and O–H groups in total. The number of nitrogens with zero attached hydrogens (tertiary/aromatic N) is 1. The summed E-state index contributed by atoms with van der Waals surface area (Å²) in [6.07, 6.45) is 4.58.